The predicted octanol–water partition coefficient (Wildman–Crippen LogP) is 24.3. The van der Waals surface area contributed by atoms with Crippen LogP contribution >= 0.6 is 23.2 Å². The highest BCUT2D eigenvalue weighted by Crippen LogP contribution is 2.41. The van der Waals surface area contributed by atoms with Gasteiger partial charge in [-0.25, -0.2) is 78.3 Å². The van der Waals surface area contributed by atoms with Gasteiger partial charge in [0.1, 0.15) is 35.4 Å². The number of carbonyl (C=O) groups excluding carboxylic acids is 4. The minimum Gasteiger partial charge on any atom is -0.379 e. The molecule has 4 aliphatic carbocycles. The van der Waals surface area contributed by atoms with E-state index in [0.717, 1.165) is 138 Å². The zero-order chi connectivity index (χ0) is 100. The molecule has 0 spiro atoms. The average molecular weight is 2030 g/mol. The van der Waals surface area contributed by atoms with Crippen LogP contribution in [0.5, 0.6) is 0 Å². The highest BCUT2D eigenvalue weighted by Gasteiger charge is 2.50. The first-order valence-electron chi connectivity index (χ1n) is 44.0. The molecule has 0 radical (unpaired) electrons. The molecule has 2 saturated heterocycles. The number of aromatic nitrogens is 4. The van der Waals surface area contributed by atoms with Crippen LogP contribution in [-0.2, 0) is 64.7 Å². The van der Waals surface area contributed by atoms with Crippen molar-refractivity contribution in [1.82, 2.24) is 28.5 Å². The first-order chi connectivity index (χ1) is 65.5. The number of benzene rings is 6. The van der Waals surface area contributed by atoms with Crippen molar-refractivity contribution in [3.05, 3.63) is 297 Å². The Balaban J connectivity index is 0.000000166. The Morgan fingerprint density at radius 2 is 0.652 bits per heavy atom. The molecule has 2 aliphatic heterocycles. The van der Waals surface area contributed by atoms with E-state index in [4.69, 9.17) is 23.2 Å². The number of amides is 3. The smallest absolute Gasteiger partial charge is 0.379 e. The maximum absolute atomic E-state index is 14.4. The SMILES string of the molecule is ClCc1ccc(C2CCCCC2)cn1.Fc1ccc(NCc2ccc(C3CCCCC3)cn2)cc1.O=C(C1CCN1S(=O)(=O)c1c(F)c(F)c(F)c(F)c1F)N(Cc1ccc(C2CCCCC2)cn1)c1ccc(F)cc1.O=C(Cl)C1CCN1S(=O)(=O)c1c(F)c(F)c(F)c(F)c1F.O=C(N(Cc1ccc(C2CCCCC2)cn1)c1ccc(F)cc1)C(F)(F)F.O=C(Nc1ccc(F)cc1)C(F)(F)F. The summed E-state index contributed by atoms with van der Waals surface area (Å²) < 4.78 is 313. The molecule has 18 nitrogen and oxygen atoms in total. The topological polar surface area (TPSA) is 225 Å². The number of nitrogens with zero attached hydrogens (tertiary/aromatic N) is 8. The van der Waals surface area contributed by atoms with Gasteiger partial charge in [0.25, 0.3) is 0 Å². The van der Waals surface area contributed by atoms with E-state index < -0.39 is 159 Å². The van der Waals surface area contributed by atoms with Gasteiger partial charge in [0.05, 0.1) is 48.3 Å². The summed E-state index contributed by atoms with van der Waals surface area (Å²) in [5, 5.41) is 3.72. The van der Waals surface area contributed by atoms with Crippen LogP contribution in [0, 0.1) is 81.4 Å². The van der Waals surface area contributed by atoms with Crippen LogP contribution in [0.3, 0.4) is 0 Å². The maximum atomic E-state index is 14.4. The Kier molecular flexibility index (Phi) is 37.8. The van der Waals surface area contributed by atoms with Gasteiger partial charge in [-0.15, -0.1) is 11.6 Å². The molecule has 2 atom stereocenters. The van der Waals surface area contributed by atoms with E-state index in [-0.39, 0.29) is 59.7 Å². The van der Waals surface area contributed by atoms with E-state index in [1.807, 2.05) is 24.5 Å². The quantitative estimate of drug-likeness (QED) is 0.0225. The molecular formula is C96H92Cl2F20N10O8S2. The van der Waals surface area contributed by atoms with Crippen LogP contribution in [0.4, 0.5) is 111 Å². The second kappa shape index (κ2) is 48.6. The molecular weight excluding hydrogens is 1940 g/mol. The van der Waals surface area contributed by atoms with E-state index in [9.17, 15) is 124 Å². The summed E-state index contributed by atoms with van der Waals surface area (Å²) in [4.78, 5) is 62.2. The zero-order valence-corrected chi connectivity index (χ0v) is 76.5. The number of hydrogen-bond donors (Lipinski definition) is 2. The van der Waals surface area contributed by atoms with Crippen molar-refractivity contribution in [3.8, 4) is 0 Å². The number of halogens is 22. The van der Waals surface area contributed by atoms with Crippen molar-refractivity contribution in [2.45, 2.75) is 225 Å². The van der Waals surface area contributed by atoms with Crippen LogP contribution in [0.2, 0.25) is 0 Å². The number of pyridine rings is 4. The third kappa shape index (κ3) is 27.9. The van der Waals surface area contributed by atoms with Gasteiger partial charge in [-0.1, -0.05) is 101 Å². The standard InChI is InChI=1S/C28H25F6N3O3S.C20H20F4N2O.C18H21FN2.C12H16ClN.C10H5ClF5NO3S.C8H5F4NO/c29-18-7-10-20(11-8-18)36(15-19-9-6-17(14-35-19)16-4-2-1-3-5-16)28(38)21-12-13-37(21)41(39,40)27-25(33)23(31)22(30)24(32)26(27)34;21-16-7-10-18(11-8-16)26(19(27)20(22,23)24)13-17-9-6-15(12-25-17)14-4-2-1-3-5-14;19-16-7-10-17(11-8-16)21-13-18-9-6-15(12-20-18)14-4-2-1-3-5-14;13-8-12-7-6-11(9-14-12)10-4-2-1-3-5-10;11-10(18)3-1-2-17(3)21(19,20)9-7(15)5(13)4(12)6(14)8(9)16;9-5-1-3-6(4-2-5)13-7(14)8(10,11)12/h6-11,14,16,21H,1-5,12-13,15H2;6-12,14H,1-5,13H2;6-12,14,21H,1-5,13H2;6-7,9-10H,1-5,8H2;3H,1-2H2;1-4H,(H,13,14). The summed E-state index contributed by atoms with van der Waals surface area (Å²) in [5.74, 6) is -28.7. The number of sulfonamides is 2. The van der Waals surface area contributed by atoms with Crippen molar-refractivity contribution in [2.75, 3.05) is 33.5 Å². The van der Waals surface area contributed by atoms with Gasteiger partial charge in [-0.05, 0) is 243 Å². The molecule has 6 fully saturated rings. The molecule has 6 aromatic carbocycles. The molecule has 2 unspecified atom stereocenters. The molecule has 4 saturated carbocycles. The fourth-order valence-electron chi connectivity index (χ4n) is 16.4. The maximum Gasteiger partial charge on any atom is 0.471 e. The van der Waals surface area contributed by atoms with Crippen LogP contribution in [-0.4, -0.2) is 106 Å². The number of rotatable bonds is 21. The number of nitrogens with one attached hydrogen (secondary N) is 2. The van der Waals surface area contributed by atoms with E-state index in [2.05, 4.69) is 49.5 Å². The number of hydrogen-bond acceptors (Lipinski definition) is 13. The van der Waals surface area contributed by atoms with Crippen molar-refractivity contribution >= 4 is 89.0 Å². The van der Waals surface area contributed by atoms with Gasteiger partial charge in [-0.3, -0.25) is 44.0 Å². The van der Waals surface area contributed by atoms with E-state index >= 15 is 0 Å². The zero-order valence-electron chi connectivity index (χ0n) is 73.4. The lowest BCUT2D eigenvalue weighted by Gasteiger charge is -2.41. The van der Waals surface area contributed by atoms with Crippen molar-refractivity contribution < 1.29 is 124 Å². The Morgan fingerprint density at radius 1 is 0.355 bits per heavy atom. The molecule has 16 rings (SSSR count). The van der Waals surface area contributed by atoms with E-state index in [1.165, 1.54) is 125 Å². The fourth-order valence-corrected chi connectivity index (χ4v) is 20.4. The van der Waals surface area contributed by atoms with Gasteiger partial charge in [0.15, 0.2) is 56.3 Å². The van der Waals surface area contributed by atoms with Gasteiger partial charge >= 0.3 is 24.2 Å². The molecule has 0 bridgehead atoms. The van der Waals surface area contributed by atoms with Crippen molar-refractivity contribution in [1.29, 1.82) is 0 Å². The van der Waals surface area contributed by atoms with Crippen molar-refractivity contribution in [3.63, 3.8) is 0 Å². The minimum atomic E-state index is -5.32. The second-order valence-electron chi connectivity index (χ2n) is 33.3. The van der Waals surface area contributed by atoms with Crippen LogP contribution < -0.4 is 20.4 Å². The minimum absolute atomic E-state index is 0.0169. The molecule has 6 heterocycles. The lowest BCUT2D eigenvalue weighted by molar-refractivity contribution is -0.170. The first-order valence-corrected chi connectivity index (χ1v) is 47.8. The highest BCUT2D eigenvalue weighted by atomic mass is 35.5. The summed E-state index contributed by atoms with van der Waals surface area (Å²) in [6, 6.07) is 32.3. The lowest BCUT2D eigenvalue weighted by Crippen LogP contribution is -2.59. The molecule has 10 aromatic rings. The average Bonchev–Trinajstić information content (AvgIpc) is 0.738. The molecule has 3 amide bonds. The van der Waals surface area contributed by atoms with Gasteiger partial charge in [0.2, 0.25) is 42.8 Å². The first kappa shape index (κ1) is 107. The van der Waals surface area contributed by atoms with Crippen LogP contribution in [0.1, 0.15) is 210 Å². The van der Waals surface area contributed by atoms with Crippen LogP contribution in [0.15, 0.2) is 180 Å². The summed E-state index contributed by atoms with van der Waals surface area (Å²) >= 11 is 10.8. The summed E-state index contributed by atoms with van der Waals surface area (Å²) in [7, 11) is -10.4. The summed E-state index contributed by atoms with van der Waals surface area (Å²) in [6.07, 6.45) is 22.2. The molecule has 4 aromatic heterocycles. The molecule has 6 aliphatic rings. The van der Waals surface area contributed by atoms with Crippen molar-refractivity contribution in [2.24, 2.45) is 0 Å². The van der Waals surface area contributed by atoms with Gasteiger partial charge in [-0.2, -0.15) is 35.0 Å². The number of alkyl halides is 7. The molecule has 740 valence electrons. The Bertz CT molecular complexity index is 5980. The third-order valence-electron chi connectivity index (χ3n) is 24.1. The normalized spacial score (nSPS) is 16.8. The predicted molar refractivity (Wildman–Crippen MR) is 474 cm³/mol. The van der Waals surface area contributed by atoms with E-state index in [1.54, 1.807) is 42.0 Å². The molecule has 42 heteroatoms. The second-order valence-corrected chi connectivity index (χ2v) is 37.6. The number of carbonyl (C=O) groups is 4. The number of anilines is 4. The Morgan fingerprint density at radius 3 is 0.949 bits per heavy atom. The highest BCUT2D eigenvalue weighted by molar-refractivity contribution is 7.89. The van der Waals surface area contributed by atoms with E-state index in [0.29, 0.717) is 50.8 Å². The third-order valence-corrected chi connectivity index (χ3v) is 28.5. The molecule has 2 N–H and O–H groups in total. The monoisotopic (exact) mass is 2030 g/mol. The Labute approximate surface area is 792 Å². The van der Waals surface area contributed by atoms with Gasteiger partial charge in [0, 0.05) is 60.6 Å². The summed E-state index contributed by atoms with van der Waals surface area (Å²) in [5.41, 5.74) is 8.66. The largest absolute Gasteiger partial charge is 0.471 e. The van der Waals surface area contributed by atoms with Gasteiger partial charge < -0.3 is 15.5 Å². The lowest BCUT2D eigenvalue weighted by atomic mass is 9.85. The fraction of sp³-hybridized carbons (Fsp3) is 0.375. The summed E-state index contributed by atoms with van der Waals surface area (Å²) in [6.45, 7) is -0.553. The molecule has 138 heavy (non-hydrogen) atoms. The Hall–Kier alpha value is -11.2. The van der Waals surface area contributed by atoms with Crippen LogP contribution in [0.25, 0.3) is 0 Å².